The lowest BCUT2D eigenvalue weighted by atomic mass is 10.1. The number of carbonyl (C=O) groups is 1. The van der Waals surface area contributed by atoms with Crippen LogP contribution >= 0.6 is 0 Å². The predicted molar refractivity (Wildman–Crippen MR) is 97.0 cm³/mol. The number of nitrogens with one attached hydrogen (secondary N) is 1. The molecule has 3 rings (SSSR count). The molecule has 0 radical (unpaired) electrons. The summed E-state index contributed by atoms with van der Waals surface area (Å²) in [6.45, 7) is 5.04. The summed E-state index contributed by atoms with van der Waals surface area (Å²) in [6.07, 6.45) is 4.05. The first kappa shape index (κ1) is 16.9. The first-order valence-corrected chi connectivity index (χ1v) is 8.35. The molecule has 25 heavy (non-hydrogen) atoms. The molecule has 0 aliphatic rings. The molecule has 1 N–H and O–H groups in total. The molecule has 1 aromatic carbocycles. The van der Waals surface area contributed by atoms with E-state index in [1.165, 1.54) is 5.56 Å². The molecule has 0 unspecified atom stereocenters. The lowest BCUT2D eigenvalue weighted by Gasteiger charge is -2.10. The second-order valence-corrected chi connectivity index (χ2v) is 6.17. The van der Waals surface area contributed by atoms with Gasteiger partial charge < -0.3 is 9.88 Å². The third-order valence-electron chi connectivity index (χ3n) is 3.95. The van der Waals surface area contributed by atoms with Gasteiger partial charge in [0, 0.05) is 30.3 Å². The highest BCUT2D eigenvalue weighted by atomic mass is 16.1. The van der Waals surface area contributed by atoms with Crippen LogP contribution in [-0.2, 0) is 24.3 Å². The Bertz CT molecular complexity index is 835. The quantitative estimate of drug-likeness (QED) is 0.754. The largest absolute Gasteiger partial charge is 0.349 e. The first-order chi connectivity index (χ1) is 12.1. The molecule has 5 nitrogen and oxygen atoms in total. The number of rotatable bonds is 6. The minimum Gasteiger partial charge on any atom is -0.349 e. The average Bonchev–Trinajstić information content (AvgIpc) is 3.00. The smallest absolute Gasteiger partial charge is 0.224 e. The van der Waals surface area contributed by atoms with E-state index in [9.17, 15) is 4.79 Å². The minimum absolute atomic E-state index is 0.0146. The lowest BCUT2D eigenvalue weighted by molar-refractivity contribution is -0.120. The van der Waals surface area contributed by atoms with Crippen LogP contribution in [0.15, 0.2) is 54.9 Å². The summed E-state index contributed by atoms with van der Waals surface area (Å²) >= 11 is 0. The summed E-state index contributed by atoms with van der Waals surface area (Å²) in [7, 11) is 0. The van der Waals surface area contributed by atoms with Gasteiger partial charge in [-0.3, -0.25) is 9.78 Å². The van der Waals surface area contributed by atoms with Crippen LogP contribution in [0.25, 0.3) is 0 Å². The Kier molecular flexibility index (Phi) is 5.23. The summed E-state index contributed by atoms with van der Waals surface area (Å²) < 4.78 is 2.05. The van der Waals surface area contributed by atoms with Crippen molar-refractivity contribution in [2.24, 2.45) is 0 Å². The zero-order chi connectivity index (χ0) is 17.6. The van der Waals surface area contributed by atoms with Gasteiger partial charge in [-0.05, 0) is 37.1 Å². The van der Waals surface area contributed by atoms with Gasteiger partial charge in [-0.25, -0.2) is 4.98 Å². The van der Waals surface area contributed by atoms with Gasteiger partial charge in [-0.15, -0.1) is 0 Å². The average molecular weight is 334 g/mol. The maximum Gasteiger partial charge on any atom is 0.224 e. The zero-order valence-corrected chi connectivity index (χ0v) is 14.6. The molecule has 0 spiro atoms. The number of benzene rings is 1. The predicted octanol–water partition coefficient (Wildman–Crippen LogP) is 2.80. The van der Waals surface area contributed by atoms with Crippen LogP contribution in [0.2, 0.25) is 0 Å². The van der Waals surface area contributed by atoms with E-state index in [1.54, 1.807) is 6.20 Å². The van der Waals surface area contributed by atoms with Gasteiger partial charge in [0.1, 0.15) is 5.82 Å². The summed E-state index contributed by atoms with van der Waals surface area (Å²) in [4.78, 5) is 20.9. The molecule has 0 aliphatic heterocycles. The molecule has 2 aromatic heterocycles. The van der Waals surface area contributed by atoms with Crippen LogP contribution in [0.3, 0.4) is 0 Å². The highest BCUT2D eigenvalue weighted by Crippen LogP contribution is 2.07. The maximum atomic E-state index is 12.2. The van der Waals surface area contributed by atoms with Crippen molar-refractivity contribution in [3.05, 3.63) is 83.2 Å². The third-order valence-corrected chi connectivity index (χ3v) is 3.95. The van der Waals surface area contributed by atoms with Crippen molar-refractivity contribution in [1.29, 1.82) is 0 Å². The molecule has 0 saturated heterocycles. The van der Waals surface area contributed by atoms with Crippen LogP contribution in [0, 0.1) is 13.8 Å². The van der Waals surface area contributed by atoms with E-state index in [4.69, 9.17) is 0 Å². The van der Waals surface area contributed by atoms with Crippen molar-refractivity contribution >= 4 is 5.91 Å². The van der Waals surface area contributed by atoms with Gasteiger partial charge >= 0.3 is 0 Å². The van der Waals surface area contributed by atoms with Crippen molar-refractivity contribution in [2.45, 2.75) is 33.4 Å². The van der Waals surface area contributed by atoms with Crippen LogP contribution < -0.4 is 5.32 Å². The molecule has 0 aliphatic carbocycles. The first-order valence-electron chi connectivity index (χ1n) is 8.35. The highest BCUT2D eigenvalue weighted by Gasteiger charge is 2.08. The van der Waals surface area contributed by atoms with E-state index < -0.39 is 0 Å². The van der Waals surface area contributed by atoms with Gasteiger partial charge in [0.25, 0.3) is 0 Å². The second-order valence-electron chi connectivity index (χ2n) is 6.17. The fraction of sp³-hybridized carbons (Fsp3) is 0.250. The maximum absolute atomic E-state index is 12.2. The molecule has 0 fully saturated rings. The summed E-state index contributed by atoms with van der Waals surface area (Å²) in [5, 5.41) is 2.96. The van der Waals surface area contributed by atoms with Crippen molar-refractivity contribution in [3.63, 3.8) is 0 Å². The number of hydrogen-bond acceptors (Lipinski definition) is 3. The number of nitrogens with zero attached hydrogens (tertiary/aromatic N) is 3. The van der Waals surface area contributed by atoms with Gasteiger partial charge in [0.15, 0.2) is 0 Å². The number of hydrogen-bond donors (Lipinski definition) is 1. The van der Waals surface area contributed by atoms with E-state index in [2.05, 4.69) is 32.0 Å². The van der Waals surface area contributed by atoms with E-state index in [0.717, 1.165) is 29.3 Å². The number of imidazole rings is 1. The topological polar surface area (TPSA) is 59.8 Å². The molecule has 0 saturated carbocycles. The zero-order valence-electron chi connectivity index (χ0n) is 14.6. The summed E-state index contributed by atoms with van der Waals surface area (Å²) in [5.74, 6) is 0.832. The summed E-state index contributed by atoms with van der Waals surface area (Å²) in [6, 6.07) is 14.1. The van der Waals surface area contributed by atoms with Gasteiger partial charge in [0.05, 0.1) is 13.0 Å². The number of aromatic nitrogens is 3. The highest BCUT2D eigenvalue weighted by molar-refractivity contribution is 5.78. The van der Waals surface area contributed by atoms with Crippen LogP contribution in [-0.4, -0.2) is 20.4 Å². The standard InChI is InChI=1S/C20H22N4O/c1-15-10-18(11-16(2)23-15)12-20(25)22-13-19-21-8-9-24(19)14-17-6-4-3-5-7-17/h3-11H,12-14H2,1-2H3,(H,22,25). The number of aryl methyl sites for hydroxylation is 2. The molecule has 0 bridgehead atoms. The monoisotopic (exact) mass is 334 g/mol. The van der Waals surface area contributed by atoms with Gasteiger partial charge in [0.2, 0.25) is 5.91 Å². The Morgan fingerprint density at radius 2 is 1.80 bits per heavy atom. The Morgan fingerprint density at radius 1 is 1.08 bits per heavy atom. The SMILES string of the molecule is Cc1cc(CC(=O)NCc2nccn2Cc2ccccc2)cc(C)n1. The fourth-order valence-corrected chi connectivity index (χ4v) is 2.88. The fourth-order valence-electron chi connectivity index (χ4n) is 2.88. The lowest BCUT2D eigenvalue weighted by Crippen LogP contribution is -2.26. The normalized spacial score (nSPS) is 10.6. The van der Waals surface area contributed by atoms with Crippen molar-refractivity contribution in [2.75, 3.05) is 0 Å². The van der Waals surface area contributed by atoms with Crippen LogP contribution in [0.1, 0.15) is 28.3 Å². The Morgan fingerprint density at radius 3 is 2.52 bits per heavy atom. The minimum atomic E-state index is -0.0146. The molecule has 3 aromatic rings. The Balaban J connectivity index is 1.58. The molecule has 5 heteroatoms. The van der Waals surface area contributed by atoms with Crippen LogP contribution in [0.4, 0.5) is 0 Å². The molecular weight excluding hydrogens is 312 g/mol. The molecule has 2 heterocycles. The van der Waals surface area contributed by atoms with Crippen molar-refractivity contribution in [1.82, 2.24) is 19.9 Å². The molecule has 128 valence electrons. The van der Waals surface area contributed by atoms with E-state index in [-0.39, 0.29) is 5.91 Å². The Hall–Kier alpha value is -2.95. The number of amides is 1. The number of carbonyl (C=O) groups excluding carboxylic acids is 1. The molecular formula is C20H22N4O. The van der Waals surface area contributed by atoms with Gasteiger partial charge in [-0.1, -0.05) is 30.3 Å². The summed E-state index contributed by atoms with van der Waals surface area (Å²) in [5.41, 5.74) is 4.05. The van der Waals surface area contributed by atoms with E-state index in [0.29, 0.717) is 13.0 Å². The molecule has 1 amide bonds. The van der Waals surface area contributed by atoms with Crippen molar-refractivity contribution in [3.8, 4) is 0 Å². The third kappa shape index (κ3) is 4.76. The second kappa shape index (κ2) is 7.75. The van der Waals surface area contributed by atoms with E-state index in [1.807, 2.05) is 50.4 Å². The number of pyridine rings is 1. The molecule has 0 atom stereocenters. The van der Waals surface area contributed by atoms with Crippen LogP contribution in [0.5, 0.6) is 0 Å². The van der Waals surface area contributed by atoms with E-state index >= 15 is 0 Å². The van der Waals surface area contributed by atoms with Gasteiger partial charge in [-0.2, -0.15) is 0 Å². The van der Waals surface area contributed by atoms with Crippen molar-refractivity contribution < 1.29 is 4.79 Å². The Labute approximate surface area is 147 Å².